The van der Waals surface area contributed by atoms with Crippen molar-refractivity contribution in [3.05, 3.63) is 47.5 Å². The highest BCUT2D eigenvalue weighted by Gasteiger charge is 2.03. The molecule has 2 aromatic rings. The van der Waals surface area contributed by atoms with Crippen molar-refractivity contribution in [1.82, 2.24) is 15.3 Å². The van der Waals surface area contributed by atoms with Crippen LogP contribution in [0.15, 0.2) is 30.5 Å². The fraction of sp³-hybridized carbons (Fsp3) is 0.438. The summed E-state index contributed by atoms with van der Waals surface area (Å²) in [6, 6.07) is 8.09. The number of nitrogens with one attached hydrogen (secondary N) is 2. The van der Waals surface area contributed by atoms with E-state index in [4.69, 9.17) is 4.74 Å². The minimum atomic E-state index is 0.664. The molecule has 1 aromatic carbocycles. The van der Waals surface area contributed by atoms with E-state index >= 15 is 0 Å². The molecule has 0 saturated heterocycles. The van der Waals surface area contributed by atoms with Gasteiger partial charge in [-0.1, -0.05) is 26.0 Å². The zero-order valence-corrected chi connectivity index (χ0v) is 12.4. The third-order valence-electron chi connectivity index (χ3n) is 3.08. The van der Waals surface area contributed by atoms with E-state index in [0.29, 0.717) is 5.92 Å². The second kappa shape index (κ2) is 7.10. The van der Waals surface area contributed by atoms with Crippen molar-refractivity contribution in [2.45, 2.75) is 26.8 Å². The Balaban J connectivity index is 1.88. The van der Waals surface area contributed by atoms with Crippen molar-refractivity contribution < 1.29 is 4.74 Å². The van der Waals surface area contributed by atoms with E-state index in [-0.39, 0.29) is 0 Å². The smallest absolute Gasteiger partial charge is 0.118 e. The zero-order chi connectivity index (χ0) is 14.4. The number of aromatic nitrogens is 2. The lowest BCUT2D eigenvalue weighted by molar-refractivity contribution is 0.414. The van der Waals surface area contributed by atoms with Gasteiger partial charge in [-0.05, 0) is 30.2 Å². The number of nitrogens with zero attached hydrogens (tertiary/aromatic N) is 1. The first-order chi connectivity index (χ1) is 9.67. The van der Waals surface area contributed by atoms with Gasteiger partial charge in [-0.3, -0.25) is 0 Å². The molecule has 0 fully saturated rings. The second-order valence-corrected chi connectivity index (χ2v) is 5.40. The van der Waals surface area contributed by atoms with Crippen molar-refractivity contribution in [2.24, 2.45) is 5.92 Å². The van der Waals surface area contributed by atoms with Crippen LogP contribution < -0.4 is 10.1 Å². The molecule has 0 spiro atoms. The molecule has 0 aliphatic rings. The predicted molar refractivity (Wildman–Crippen MR) is 80.9 cm³/mol. The van der Waals surface area contributed by atoms with Crippen molar-refractivity contribution in [2.75, 3.05) is 13.7 Å². The lowest BCUT2D eigenvalue weighted by Crippen LogP contribution is -2.19. The molecular weight excluding hydrogens is 250 g/mol. The number of hydrogen-bond acceptors (Lipinski definition) is 3. The Morgan fingerprint density at radius 2 is 2.00 bits per heavy atom. The summed E-state index contributed by atoms with van der Waals surface area (Å²) in [5.74, 6) is 2.54. The summed E-state index contributed by atoms with van der Waals surface area (Å²) in [4.78, 5) is 7.78. The molecule has 2 rings (SSSR count). The third-order valence-corrected chi connectivity index (χ3v) is 3.08. The van der Waals surface area contributed by atoms with Crippen molar-refractivity contribution in [3.8, 4) is 5.75 Å². The maximum absolute atomic E-state index is 5.16. The topological polar surface area (TPSA) is 49.9 Å². The number of rotatable bonds is 7. The lowest BCUT2D eigenvalue weighted by Gasteiger charge is -2.05. The average Bonchev–Trinajstić information content (AvgIpc) is 2.87. The van der Waals surface area contributed by atoms with E-state index in [2.05, 4.69) is 41.3 Å². The van der Waals surface area contributed by atoms with Crippen LogP contribution in [-0.2, 0) is 13.0 Å². The quantitative estimate of drug-likeness (QED) is 0.815. The molecule has 0 bridgehead atoms. The van der Waals surface area contributed by atoms with Crippen molar-refractivity contribution in [1.29, 1.82) is 0 Å². The highest BCUT2D eigenvalue weighted by atomic mass is 16.5. The lowest BCUT2D eigenvalue weighted by atomic mass is 10.1. The molecule has 4 nitrogen and oxygen atoms in total. The van der Waals surface area contributed by atoms with Gasteiger partial charge in [0.1, 0.15) is 11.6 Å². The first-order valence-corrected chi connectivity index (χ1v) is 7.03. The van der Waals surface area contributed by atoms with Gasteiger partial charge in [0.05, 0.1) is 7.11 Å². The fourth-order valence-electron chi connectivity index (χ4n) is 2.02. The van der Waals surface area contributed by atoms with Crippen LogP contribution >= 0.6 is 0 Å². The molecule has 0 saturated carbocycles. The summed E-state index contributed by atoms with van der Waals surface area (Å²) in [5.41, 5.74) is 2.36. The van der Waals surface area contributed by atoms with Gasteiger partial charge in [-0.15, -0.1) is 0 Å². The SMILES string of the molecule is COc1ccc(Cc2ncc(CNCC(C)C)[nH]2)cc1. The summed E-state index contributed by atoms with van der Waals surface area (Å²) in [6.45, 7) is 6.27. The van der Waals surface area contributed by atoms with E-state index in [1.807, 2.05) is 18.3 Å². The highest BCUT2D eigenvalue weighted by molar-refractivity contribution is 5.28. The van der Waals surface area contributed by atoms with Gasteiger partial charge in [0.2, 0.25) is 0 Å². The van der Waals surface area contributed by atoms with E-state index in [1.165, 1.54) is 5.56 Å². The minimum absolute atomic E-state index is 0.664. The van der Waals surface area contributed by atoms with Crippen LogP contribution in [0.4, 0.5) is 0 Å². The molecule has 0 radical (unpaired) electrons. The molecule has 1 aromatic heterocycles. The summed E-state index contributed by atoms with van der Waals surface area (Å²) >= 11 is 0. The van der Waals surface area contributed by atoms with Crippen LogP contribution in [-0.4, -0.2) is 23.6 Å². The molecule has 4 heteroatoms. The summed E-state index contributed by atoms with van der Waals surface area (Å²) in [6.07, 6.45) is 2.72. The van der Waals surface area contributed by atoms with Crippen molar-refractivity contribution >= 4 is 0 Å². The molecule has 108 valence electrons. The van der Waals surface area contributed by atoms with Crippen LogP contribution in [0.2, 0.25) is 0 Å². The van der Waals surface area contributed by atoms with Gasteiger partial charge >= 0.3 is 0 Å². The van der Waals surface area contributed by atoms with Gasteiger partial charge < -0.3 is 15.0 Å². The molecule has 2 N–H and O–H groups in total. The molecule has 0 aliphatic heterocycles. The average molecular weight is 273 g/mol. The van der Waals surface area contributed by atoms with Crippen LogP contribution in [0.25, 0.3) is 0 Å². The van der Waals surface area contributed by atoms with E-state index in [9.17, 15) is 0 Å². The summed E-state index contributed by atoms with van der Waals surface area (Å²) < 4.78 is 5.16. The molecule has 0 atom stereocenters. The third kappa shape index (κ3) is 4.38. The van der Waals surface area contributed by atoms with E-state index < -0.39 is 0 Å². The maximum Gasteiger partial charge on any atom is 0.118 e. The Bertz CT molecular complexity index is 517. The molecule has 1 heterocycles. The Kier molecular flexibility index (Phi) is 5.18. The maximum atomic E-state index is 5.16. The Morgan fingerprint density at radius 1 is 1.25 bits per heavy atom. The number of benzene rings is 1. The fourth-order valence-corrected chi connectivity index (χ4v) is 2.02. The van der Waals surface area contributed by atoms with Gasteiger partial charge in [-0.2, -0.15) is 0 Å². The number of methoxy groups -OCH3 is 1. The van der Waals surface area contributed by atoms with Crippen LogP contribution in [0.3, 0.4) is 0 Å². The number of imidazole rings is 1. The number of hydrogen-bond donors (Lipinski definition) is 2. The second-order valence-electron chi connectivity index (χ2n) is 5.40. The Morgan fingerprint density at radius 3 is 2.65 bits per heavy atom. The number of ether oxygens (including phenoxy) is 1. The molecule has 20 heavy (non-hydrogen) atoms. The van der Waals surface area contributed by atoms with Gasteiger partial charge in [0.25, 0.3) is 0 Å². The molecule has 0 unspecified atom stereocenters. The molecule has 0 aliphatic carbocycles. The standard InChI is InChI=1S/C16H23N3O/c1-12(2)9-17-10-14-11-18-16(19-14)8-13-4-6-15(20-3)7-5-13/h4-7,11-12,17H,8-10H2,1-3H3,(H,18,19). The monoisotopic (exact) mass is 273 g/mol. The predicted octanol–water partition coefficient (Wildman–Crippen LogP) is 2.75. The van der Waals surface area contributed by atoms with Gasteiger partial charge in [-0.25, -0.2) is 4.98 Å². The highest BCUT2D eigenvalue weighted by Crippen LogP contribution is 2.13. The molecular formula is C16H23N3O. The number of H-pyrrole nitrogens is 1. The Hall–Kier alpha value is -1.81. The van der Waals surface area contributed by atoms with Crippen LogP contribution in [0.5, 0.6) is 5.75 Å². The van der Waals surface area contributed by atoms with Gasteiger partial charge in [0.15, 0.2) is 0 Å². The Labute approximate surface area is 120 Å². The van der Waals surface area contributed by atoms with Crippen molar-refractivity contribution in [3.63, 3.8) is 0 Å². The van der Waals surface area contributed by atoms with Gasteiger partial charge in [0, 0.05) is 24.9 Å². The minimum Gasteiger partial charge on any atom is -0.497 e. The number of aromatic amines is 1. The summed E-state index contributed by atoms with van der Waals surface area (Å²) in [7, 11) is 1.68. The zero-order valence-electron chi connectivity index (χ0n) is 12.4. The van der Waals surface area contributed by atoms with E-state index in [1.54, 1.807) is 7.11 Å². The van der Waals surface area contributed by atoms with Crippen LogP contribution in [0, 0.1) is 5.92 Å². The molecule has 0 amide bonds. The first-order valence-electron chi connectivity index (χ1n) is 7.03. The largest absolute Gasteiger partial charge is 0.497 e. The summed E-state index contributed by atoms with van der Waals surface area (Å²) in [5, 5.41) is 3.41. The van der Waals surface area contributed by atoms with E-state index in [0.717, 1.165) is 36.8 Å². The normalized spacial score (nSPS) is 11.0. The first kappa shape index (κ1) is 14.6. The van der Waals surface area contributed by atoms with Crippen LogP contribution in [0.1, 0.15) is 30.9 Å².